The highest BCUT2D eigenvalue weighted by Gasteiger charge is 2.23. The molecule has 1 saturated carbocycles. The van der Waals surface area contributed by atoms with E-state index < -0.39 is 0 Å². The van der Waals surface area contributed by atoms with E-state index in [4.69, 9.17) is 8.94 Å². The number of carbonyl (C=O) groups is 1. The molecule has 6 heteroatoms. The van der Waals surface area contributed by atoms with Crippen LogP contribution in [0.15, 0.2) is 51.8 Å². The molecular formula is C18H17N3O3. The molecule has 1 N–H and O–H groups in total. The molecule has 0 radical (unpaired) electrons. The van der Waals surface area contributed by atoms with Gasteiger partial charge in [-0.15, -0.1) is 0 Å². The van der Waals surface area contributed by atoms with E-state index >= 15 is 0 Å². The van der Waals surface area contributed by atoms with Crippen molar-refractivity contribution >= 4 is 11.6 Å². The van der Waals surface area contributed by atoms with Crippen LogP contribution in [0.4, 0.5) is 5.69 Å². The van der Waals surface area contributed by atoms with Gasteiger partial charge in [0.05, 0.1) is 11.8 Å². The first kappa shape index (κ1) is 14.7. The molecule has 24 heavy (non-hydrogen) atoms. The molecule has 6 nitrogen and oxygen atoms in total. The van der Waals surface area contributed by atoms with E-state index in [-0.39, 0.29) is 5.91 Å². The molecule has 0 bridgehead atoms. The van der Waals surface area contributed by atoms with E-state index in [0.717, 1.165) is 24.3 Å². The summed E-state index contributed by atoms with van der Waals surface area (Å²) >= 11 is 0. The van der Waals surface area contributed by atoms with Gasteiger partial charge in [0.15, 0.2) is 0 Å². The summed E-state index contributed by atoms with van der Waals surface area (Å²) < 4.78 is 10.3. The van der Waals surface area contributed by atoms with Crippen LogP contribution in [-0.4, -0.2) is 16.0 Å². The van der Waals surface area contributed by atoms with Crippen LogP contribution < -0.4 is 5.32 Å². The number of nitrogens with zero attached hydrogens (tertiary/aromatic N) is 2. The van der Waals surface area contributed by atoms with Gasteiger partial charge in [0.25, 0.3) is 5.91 Å². The summed E-state index contributed by atoms with van der Waals surface area (Å²) in [6.45, 7) is 0. The number of furan rings is 1. The predicted molar refractivity (Wildman–Crippen MR) is 87.6 cm³/mol. The van der Waals surface area contributed by atoms with Crippen molar-refractivity contribution in [3.63, 3.8) is 0 Å². The normalized spacial score (nSPS) is 14.8. The summed E-state index contributed by atoms with van der Waals surface area (Å²) in [5.41, 5.74) is 1.96. The van der Waals surface area contributed by atoms with E-state index in [1.165, 1.54) is 25.4 Å². The molecule has 1 fully saturated rings. The maximum Gasteiger partial charge on any atom is 0.258 e. The quantitative estimate of drug-likeness (QED) is 0.776. The van der Waals surface area contributed by atoms with Gasteiger partial charge >= 0.3 is 0 Å². The second-order valence-electron chi connectivity index (χ2n) is 5.98. The van der Waals surface area contributed by atoms with E-state index in [0.29, 0.717) is 23.0 Å². The topological polar surface area (TPSA) is 81.2 Å². The van der Waals surface area contributed by atoms with Gasteiger partial charge in [-0.05, 0) is 31.0 Å². The lowest BCUT2D eigenvalue weighted by molar-refractivity contribution is 0.102. The van der Waals surface area contributed by atoms with Gasteiger partial charge in [0.2, 0.25) is 11.7 Å². The Bertz CT molecular complexity index is 833. The molecular weight excluding hydrogens is 306 g/mol. The van der Waals surface area contributed by atoms with Gasteiger partial charge in [-0.2, -0.15) is 4.98 Å². The Morgan fingerprint density at radius 2 is 2.08 bits per heavy atom. The highest BCUT2D eigenvalue weighted by atomic mass is 16.5. The Hall–Kier alpha value is -2.89. The van der Waals surface area contributed by atoms with Crippen LogP contribution in [0.5, 0.6) is 0 Å². The SMILES string of the molecule is O=C(Nc1cccc(-c2noc(C3CCCC3)n2)c1)c1ccoc1. The molecule has 0 spiro atoms. The van der Waals surface area contributed by atoms with Crippen LogP contribution in [0, 0.1) is 0 Å². The van der Waals surface area contributed by atoms with Gasteiger partial charge in [-0.1, -0.05) is 30.1 Å². The molecule has 2 aromatic heterocycles. The third kappa shape index (κ3) is 2.95. The largest absolute Gasteiger partial charge is 0.472 e. The number of nitrogens with one attached hydrogen (secondary N) is 1. The first-order valence-corrected chi connectivity index (χ1v) is 8.07. The average molecular weight is 323 g/mol. The number of rotatable bonds is 4. The zero-order valence-corrected chi connectivity index (χ0v) is 13.1. The molecule has 0 saturated heterocycles. The van der Waals surface area contributed by atoms with E-state index in [2.05, 4.69) is 15.5 Å². The van der Waals surface area contributed by atoms with Crippen LogP contribution in [0.1, 0.15) is 47.8 Å². The fourth-order valence-corrected chi connectivity index (χ4v) is 3.02. The number of carbonyl (C=O) groups excluding carboxylic acids is 1. The number of benzene rings is 1. The Labute approximate surface area is 138 Å². The van der Waals surface area contributed by atoms with Crippen molar-refractivity contribution in [2.75, 3.05) is 5.32 Å². The summed E-state index contributed by atoms with van der Waals surface area (Å²) in [5.74, 6) is 1.43. The van der Waals surface area contributed by atoms with Crippen molar-refractivity contribution in [3.05, 3.63) is 54.3 Å². The Balaban J connectivity index is 1.53. The molecule has 3 aromatic rings. The third-order valence-corrected chi connectivity index (χ3v) is 4.31. The zero-order valence-electron chi connectivity index (χ0n) is 13.1. The van der Waals surface area contributed by atoms with Gasteiger partial charge in [-0.25, -0.2) is 0 Å². The first-order chi connectivity index (χ1) is 11.8. The van der Waals surface area contributed by atoms with Crippen molar-refractivity contribution in [1.82, 2.24) is 10.1 Å². The Morgan fingerprint density at radius 3 is 2.88 bits per heavy atom. The number of hydrogen-bond donors (Lipinski definition) is 1. The summed E-state index contributed by atoms with van der Waals surface area (Å²) in [6, 6.07) is 9.02. The number of hydrogen-bond acceptors (Lipinski definition) is 5. The van der Waals surface area contributed by atoms with Gasteiger partial charge < -0.3 is 14.3 Å². The smallest absolute Gasteiger partial charge is 0.258 e. The van der Waals surface area contributed by atoms with E-state index in [1.54, 1.807) is 6.07 Å². The molecule has 0 unspecified atom stereocenters. The Kier molecular flexibility index (Phi) is 3.86. The zero-order chi connectivity index (χ0) is 16.4. The summed E-state index contributed by atoms with van der Waals surface area (Å²) in [6.07, 6.45) is 7.54. The summed E-state index contributed by atoms with van der Waals surface area (Å²) in [4.78, 5) is 16.6. The molecule has 1 aliphatic rings. The van der Waals surface area contributed by atoms with Crippen LogP contribution in [0.25, 0.3) is 11.4 Å². The minimum absolute atomic E-state index is 0.222. The van der Waals surface area contributed by atoms with Gasteiger partial charge in [0.1, 0.15) is 6.26 Å². The summed E-state index contributed by atoms with van der Waals surface area (Å²) in [5, 5.41) is 6.92. The van der Waals surface area contributed by atoms with Gasteiger partial charge in [-0.3, -0.25) is 4.79 Å². The van der Waals surface area contributed by atoms with Crippen LogP contribution in [0.3, 0.4) is 0 Å². The third-order valence-electron chi connectivity index (χ3n) is 4.31. The standard InChI is InChI=1S/C18H17N3O3/c22-17(14-8-9-23-11-14)19-15-7-3-6-13(10-15)16-20-18(24-21-16)12-4-1-2-5-12/h3,6-12H,1-2,4-5H2,(H,19,22). The molecule has 122 valence electrons. The van der Waals surface area contributed by atoms with Crippen LogP contribution in [0.2, 0.25) is 0 Å². The minimum atomic E-state index is -0.222. The maximum absolute atomic E-state index is 12.1. The molecule has 1 aliphatic carbocycles. The first-order valence-electron chi connectivity index (χ1n) is 8.07. The highest BCUT2D eigenvalue weighted by Crippen LogP contribution is 2.34. The molecule has 0 atom stereocenters. The number of amides is 1. The van der Waals surface area contributed by atoms with E-state index in [9.17, 15) is 4.79 Å². The number of anilines is 1. The number of aromatic nitrogens is 2. The van der Waals surface area contributed by atoms with Crippen molar-refractivity contribution in [2.45, 2.75) is 31.6 Å². The fraction of sp³-hybridized carbons (Fsp3) is 0.278. The van der Waals surface area contributed by atoms with Crippen LogP contribution >= 0.6 is 0 Å². The predicted octanol–water partition coefficient (Wildman–Crippen LogP) is 4.24. The average Bonchev–Trinajstić information content (AvgIpc) is 3.36. The van der Waals surface area contributed by atoms with Crippen molar-refractivity contribution in [1.29, 1.82) is 0 Å². The van der Waals surface area contributed by atoms with Crippen LogP contribution in [-0.2, 0) is 0 Å². The lowest BCUT2D eigenvalue weighted by atomic mass is 10.1. The molecule has 4 rings (SSSR count). The molecule has 0 aliphatic heterocycles. The summed E-state index contributed by atoms with van der Waals surface area (Å²) in [7, 11) is 0. The monoisotopic (exact) mass is 323 g/mol. The maximum atomic E-state index is 12.1. The molecule has 1 aromatic carbocycles. The van der Waals surface area contributed by atoms with Gasteiger partial charge in [0, 0.05) is 17.2 Å². The molecule has 2 heterocycles. The van der Waals surface area contributed by atoms with E-state index in [1.807, 2.05) is 24.3 Å². The van der Waals surface area contributed by atoms with Crippen molar-refractivity contribution < 1.29 is 13.7 Å². The van der Waals surface area contributed by atoms with Crippen molar-refractivity contribution in [3.8, 4) is 11.4 Å². The Morgan fingerprint density at radius 1 is 1.21 bits per heavy atom. The van der Waals surface area contributed by atoms with Crippen molar-refractivity contribution in [2.24, 2.45) is 0 Å². The lowest BCUT2D eigenvalue weighted by Gasteiger charge is -2.04. The second-order valence-corrected chi connectivity index (χ2v) is 5.98. The minimum Gasteiger partial charge on any atom is -0.472 e. The second kappa shape index (κ2) is 6.31. The molecule has 1 amide bonds. The lowest BCUT2D eigenvalue weighted by Crippen LogP contribution is -2.10. The fourth-order valence-electron chi connectivity index (χ4n) is 3.02. The highest BCUT2D eigenvalue weighted by molar-refractivity contribution is 6.04.